The van der Waals surface area contributed by atoms with Crippen LogP contribution in [0, 0.1) is 5.92 Å². The zero-order chi connectivity index (χ0) is 33.7. The number of esters is 1. The van der Waals surface area contributed by atoms with E-state index in [-0.39, 0.29) is 23.9 Å². The van der Waals surface area contributed by atoms with Crippen molar-refractivity contribution < 1.29 is 24.0 Å². The molecule has 2 aliphatic rings. The van der Waals surface area contributed by atoms with Gasteiger partial charge in [-0.1, -0.05) is 100 Å². The largest absolute Gasteiger partial charge is 0.461 e. The molecule has 48 heavy (non-hydrogen) atoms. The second-order valence-electron chi connectivity index (χ2n) is 13.8. The smallest absolute Gasteiger partial charge is 0.328 e. The van der Waals surface area contributed by atoms with Crippen molar-refractivity contribution in [1.29, 1.82) is 0 Å². The first kappa shape index (κ1) is 37.6. The average Bonchev–Trinajstić information content (AvgIpc) is 3.61. The molecule has 0 unspecified atom stereocenters. The monoisotopic (exact) mass is 661 g/mol. The third-order valence-corrected chi connectivity index (χ3v) is 9.71. The van der Waals surface area contributed by atoms with Gasteiger partial charge in [0.25, 0.3) is 0 Å². The summed E-state index contributed by atoms with van der Waals surface area (Å²) in [5.74, 6) is 0.273. The first-order valence-electron chi connectivity index (χ1n) is 18.8. The van der Waals surface area contributed by atoms with Crippen LogP contribution in [0.2, 0.25) is 0 Å². The summed E-state index contributed by atoms with van der Waals surface area (Å²) in [6.07, 6.45) is 20.8. The summed E-state index contributed by atoms with van der Waals surface area (Å²) in [5, 5.41) is 6.43. The molecule has 4 rings (SSSR count). The number of hydrogen-bond donors (Lipinski definition) is 3. The first-order valence-corrected chi connectivity index (χ1v) is 18.8. The van der Waals surface area contributed by atoms with E-state index in [0.717, 1.165) is 68.2 Å². The molecule has 264 valence electrons. The van der Waals surface area contributed by atoms with E-state index in [1.165, 1.54) is 57.8 Å². The van der Waals surface area contributed by atoms with Gasteiger partial charge in [0.1, 0.15) is 12.1 Å². The number of anilines is 1. The summed E-state index contributed by atoms with van der Waals surface area (Å²) in [6.45, 7) is 1.22. The first-order chi connectivity index (χ1) is 23.6. The highest BCUT2D eigenvalue weighted by molar-refractivity contribution is 5.90. The van der Waals surface area contributed by atoms with Gasteiger partial charge in [-0.3, -0.25) is 14.4 Å². The minimum Gasteiger partial charge on any atom is -0.461 e. The Morgan fingerprint density at radius 2 is 1.35 bits per heavy atom. The predicted molar refractivity (Wildman–Crippen MR) is 191 cm³/mol. The number of carbonyl (C=O) groups is 3. The molecule has 2 aliphatic carbocycles. The molecular formula is C40H59N3O5. The highest BCUT2D eigenvalue weighted by Gasteiger charge is 2.26. The second kappa shape index (κ2) is 22.4. The fourth-order valence-electron chi connectivity index (χ4n) is 6.89. The molecule has 0 radical (unpaired) electrons. The Bertz CT molecular complexity index is 1210. The van der Waals surface area contributed by atoms with Crippen molar-refractivity contribution >= 4 is 23.5 Å². The van der Waals surface area contributed by atoms with Crippen LogP contribution in [0.15, 0.2) is 54.6 Å². The zero-order valence-corrected chi connectivity index (χ0v) is 29.0. The number of unbranched alkanes of at least 4 members (excludes halogenated alkanes) is 3. The number of benzene rings is 2. The van der Waals surface area contributed by atoms with Gasteiger partial charge in [-0.25, -0.2) is 10.3 Å². The maximum Gasteiger partial charge on any atom is 0.328 e. The van der Waals surface area contributed by atoms with Gasteiger partial charge in [-0.2, -0.15) is 0 Å². The van der Waals surface area contributed by atoms with E-state index in [1.807, 2.05) is 54.6 Å². The number of rotatable bonds is 18. The number of carbonyl (C=O) groups excluding carboxylic acids is 3. The van der Waals surface area contributed by atoms with Crippen molar-refractivity contribution in [3.05, 3.63) is 65.7 Å². The molecule has 8 nitrogen and oxygen atoms in total. The van der Waals surface area contributed by atoms with Crippen molar-refractivity contribution in [3.63, 3.8) is 0 Å². The van der Waals surface area contributed by atoms with Crippen molar-refractivity contribution in [2.45, 2.75) is 141 Å². The maximum absolute atomic E-state index is 13.1. The molecule has 2 aromatic carbocycles. The number of hydroxylamine groups is 1. The molecule has 0 saturated heterocycles. The minimum atomic E-state index is -0.507. The molecule has 2 amide bonds. The van der Waals surface area contributed by atoms with Gasteiger partial charge >= 0.3 is 5.97 Å². The minimum absolute atomic E-state index is 0.00393. The Hall–Kier alpha value is -3.23. The number of ether oxygens (including phenoxy) is 1. The lowest BCUT2D eigenvalue weighted by Gasteiger charge is -2.21. The fraction of sp³-hybridized carbons (Fsp3) is 0.625. The maximum atomic E-state index is 13.1. The van der Waals surface area contributed by atoms with Gasteiger partial charge in [0, 0.05) is 25.1 Å². The van der Waals surface area contributed by atoms with E-state index in [9.17, 15) is 14.4 Å². The van der Waals surface area contributed by atoms with Gasteiger partial charge < -0.3 is 15.4 Å². The van der Waals surface area contributed by atoms with Crippen LogP contribution >= 0.6 is 0 Å². The summed E-state index contributed by atoms with van der Waals surface area (Å²) in [4.78, 5) is 43.5. The average molecular weight is 662 g/mol. The van der Waals surface area contributed by atoms with Crippen LogP contribution in [0.1, 0.15) is 139 Å². The standard InChI is InChI=1S/C40H59N3O5/c44-37(26-13-6-7-14-27-38(45)43-47-31-33-18-9-4-2-1-3-5-10-19-33)42-35-23-17-20-32(30-35)28-29-41-39(34-21-11-8-12-22-34)40(46)48-36-24-15-16-25-36/h8,11-12,17,20-23,30,33,36,39,41H,1-7,9-10,13-16,18-19,24-29,31H2,(H,42,44)(H,43,45)/t39-/m0/s1. The second-order valence-corrected chi connectivity index (χ2v) is 13.8. The highest BCUT2D eigenvalue weighted by atomic mass is 16.7. The third kappa shape index (κ3) is 14.9. The van der Waals surface area contributed by atoms with E-state index in [1.54, 1.807) is 0 Å². The molecule has 0 aliphatic heterocycles. The van der Waals surface area contributed by atoms with E-state index in [2.05, 4.69) is 16.1 Å². The summed E-state index contributed by atoms with van der Waals surface area (Å²) >= 11 is 0. The molecule has 1 atom stereocenters. The summed E-state index contributed by atoms with van der Waals surface area (Å²) in [6, 6.07) is 17.1. The molecule has 0 aromatic heterocycles. The predicted octanol–water partition coefficient (Wildman–Crippen LogP) is 8.51. The molecule has 0 bridgehead atoms. The van der Waals surface area contributed by atoms with Gasteiger partial charge in [0.15, 0.2) is 0 Å². The molecule has 8 heteroatoms. The number of hydrogen-bond acceptors (Lipinski definition) is 6. The summed E-state index contributed by atoms with van der Waals surface area (Å²) in [5.41, 5.74) is 5.41. The zero-order valence-electron chi connectivity index (χ0n) is 29.0. The topological polar surface area (TPSA) is 106 Å². The molecule has 3 N–H and O–H groups in total. The van der Waals surface area contributed by atoms with Crippen LogP contribution in [-0.2, 0) is 30.4 Å². The fourth-order valence-corrected chi connectivity index (χ4v) is 6.89. The molecule has 0 spiro atoms. The van der Waals surface area contributed by atoms with Gasteiger partial charge in [-0.05, 0) is 87.0 Å². The van der Waals surface area contributed by atoms with E-state index >= 15 is 0 Å². The highest BCUT2D eigenvalue weighted by Crippen LogP contribution is 2.25. The van der Waals surface area contributed by atoms with Crippen LogP contribution in [0.25, 0.3) is 0 Å². The Labute approximate surface area is 288 Å². The molecule has 2 saturated carbocycles. The van der Waals surface area contributed by atoms with Crippen LogP contribution in [0.4, 0.5) is 5.69 Å². The Morgan fingerprint density at radius 1 is 0.708 bits per heavy atom. The van der Waals surface area contributed by atoms with Crippen molar-refractivity contribution in [2.24, 2.45) is 5.92 Å². The molecule has 2 aromatic rings. The molecular weight excluding hydrogens is 602 g/mol. The van der Waals surface area contributed by atoms with Crippen LogP contribution < -0.4 is 16.1 Å². The Balaban J connectivity index is 1.07. The number of amides is 2. The number of nitrogens with one attached hydrogen (secondary N) is 3. The lowest BCUT2D eigenvalue weighted by atomic mass is 9.93. The van der Waals surface area contributed by atoms with Gasteiger partial charge in [-0.15, -0.1) is 0 Å². The van der Waals surface area contributed by atoms with E-state index in [4.69, 9.17) is 9.57 Å². The SMILES string of the molecule is O=C(CCCCCCC(=O)Nc1cccc(CCN[C@H](C(=O)OC2CCCC2)c2ccccc2)c1)NOCC1CCCCCCCCC1. The lowest BCUT2D eigenvalue weighted by Crippen LogP contribution is -2.33. The van der Waals surface area contributed by atoms with Crippen LogP contribution in [0.5, 0.6) is 0 Å². The van der Waals surface area contributed by atoms with E-state index < -0.39 is 6.04 Å². The normalized spacial score (nSPS) is 17.0. The Morgan fingerprint density at radius 3 is 2.06 bits per heavy atom. The van der Waals surface area contributed by atoms with Gasteiger partial charge in [0.05, 0.1) is 6.61 Å². The van der Waals surface area contributed by atoms with E-state index in [0.29, 0.717) is 38.3 Å². The van der Waals surface area contributed by atoms with Crippen molar-refractivity contribution in [3.8, 4) is 0 Å². The lowest BCUT2D eigenvalue weighted by molar-refractivity contribution is -0.151. The van der Waals surface area contributed by atoms with Crippen molar-refractivity contribution in [1.82, 2.24) is 10.8 Å². The Kier molecular flexibility index (Phi) is 17.5. The van der Waals surface area contributed by atoms with Crippen LogP contribution in [-0.4, -0.2) is 37.0 Å². The summed E-state index contributed by atoms with van der Waals surface area (Å²) in [7, 11) is 0. The van der Waals surface area contributed by atoms with Crippen LogP contribution in [0.3, 0.4) is 0 Å². The van der Waals surface area contributed by atoms with Gasteiger partial charge in [0.2, 0.25) is 11.8 Å². The summed E-state index contributed by atoms with van der Waals surface area (Å²) < 4.78 is 5.83. The van der Waals surface area contributed by atoms with Crippen molar-refractivity contribution in [2.75, 3.05) is 18.5 Å². The molecule has 2 fully saturated rings. The third-order valence-electron chi connectivity index (χ3n) is 9.71. The quantitative estimate of drug-likeness (QED) is 0.0841. The molecule has 0 heterocycles.